The Hall–Kier alpha value is -1.40. The van der Waals surface area contributed by atoms with Gasteiger partial charge in [0.2, 0.25) is 0 Å². The van der Waals surface area contributed by atoms with E-state index in [1.807, 2.05) is 0 Å². The standard InChI is InChI=1S/C17H27N2O5P/c1-5-6-7-11-10-19(17(23)18-15(11)22)16-14(21)13(20)12(24-16)8-9-25(2,3)4/h5,10,12-14,16,20-21H,1-2,6-9H2,3-4H3,(H,18,22,23)/t12?,13-,14-,16-/m1/s1. The number of aryl methyl sites for hydroxylation is 1. The Kier molecular flexibility index (Phi) is 6.27. The fourth-order valence-electron chi connectivity index (χ4n) is 2.83. The van der Waals surface area contributed by atoms with Crippen molar-refractivity contribution < 1.29 is 14.9 Å². The highest BCUT2D eigenvalue weighted by Gasteiger charge is 2.43. The van der Waals surface area contributed by atoms with Crippen LogP contribution in [-0.4, -0.2) is 63.9 Å². The monoisotopic (exact) mass is 370 g/mol. The molecule has 8 heteroatoms. The highest BCUT2D eigenvalue weighted by atomic mass is 31.2. The molecule has 1 fully saturated rings. The van der Waals surface area contributed by atoms with Gasteiger partial charge in [0.15, 0.2) is 6.23 Å². The van der Waals surface area contributed by atoms with Crippen molar-refractivity contribution in [3.63, 3.8) is 0 Å². The largest absolute Gasteiger partial charge is 0.388 e. The summed E-state index contributed by atoms with van der Waals surface area (Å²) < 4.78 is 6.91. The van der Waals surface area contributed by atoms with Crippen LogP contribution in [0, 0.1) is 0 Å². The first kappa shape index (κ1) is 19.9. The Morgan fingerprint density at radius 2 is 2.04 bits per heavy atom. The molecule has 1 aliphatic heterocycles. The number of aliphatic hydroxyl groups excluding tert-OH is 2. The number of hydrogen-bond acceptors (Lipinski definition) is 5. The van der Waals surface area contributed by atoms with Gasteiger partial charge in [-0.25, -0.2) is 4.79 Å². The van der Waals surface area contributed by atoms with Crippen molar-refractivity contribution in [1.29, 1.82) is 0 Å². The number of H-pyrrole nitrogens is 1. The van der Waals surface area contributed by atoms with Gasteiger partial charge in [-0.1, -0.05) is 6.08 Å². The van der Waals surface area contributed by atoms with Gasteiger partial charge in [-0.05, 0) is 38.8 Å². The van der Waals surface area contributed by atoms with Gasteiger partial charge in [0.25, 0.3) is 5.56 Å². The van der Waals surface area contributed by atoms with Crippen LogP contribution in [0.25, 0.3) is 0 Å². The molecule has 0 bridgehead atoms. The van der Waals surface area contributed by atoms with Gasteiger partial charge in [-0.3, -0.25) is 14.3 Å². The van der Waals surface area contributed by atoms with Gasteiger partial charge < -0.3 is 14.9 Å². The summed E-state index contributed by atoms with van der Waals surface area (Å²) in [5, 5.41) is 20.6. The smallest absolute Gasteiger partial charge is 0.330 e. The van der Waals surface area contributed by atoms with E-state index in [2.05, 4.69) is 31.2 Å². The number of aromatic nitrogens is 2. The number of nitrogens with one attached hydrogen (secondary N) is 1. The lowest BCUT2D eigenvalue weighted by Crippen LogP contribution is -2.38. The first-order valence-corrected chi connectivity index (χ1v) is 11.3. The summed E-state index contributed by atoms with van der Waals surface area (Å²) >= 11 is 0. The fourth-order valence-corrected chi connectivity index (χ4v) is 3.78. The van der Waals surface area contributed by atoms with Crippen molar-refractivity contribution >= 4 is 13.2 Å². The maximum absolute atomic E-state index is 12.1. The summed E-state index contributed by atoms with van der Waals surface area (Å²) in [6.45, 7) is 6.49. The van der Waals surface area contributed by atoms with Gasteiger partial charge in [-0.2, -0.15) is 0 Å². The quantitative estimate of drug-likeness (QED) is 0.475. The molecule has 2 heterocycles. The van der Waals surface area contributed by atoms with Gasteiger partial charge in [-0.15, -0.1) is 19.8 Å². The second-order valence-electron chi connectivity index (χ2n) is 7.14. The molecule has 0 amide bonds. The summed E-state index contributed by atoms with van der Waals surface area (Å²) in [4.78, 5) is 26.3. The molecule has 1 aromatic heterocycles. The average Bonchev–Trinajstić information content (AvgIpc) is 2.80. The Labute approximate surface area is 146 Å². The van der Waals surface area contributed by atoms with E-state index < -0.39 is 42.7 Å². The van der Waals surface area contributed by atoms with Crippen LogP contribution in [-0.2, 0) is 11.2 Å². The average molecular weight is 370 g/mol. The molecule has 0 saturated carbocycles. The Morgan fingerprint density at radius 3 is 2.64 bits per heavy atom. The maximum atomic E-state index is 12.1. The molecular weight excluding hydrogens is 343 g/mol. The summed E-state index contributed by atoms with van der Waals surface area (Å²) in [5.74, 6) is 0. The predicted octanol–water partition coefficient (Wildman–Crippen LogP) is 0.374. The molecule has 25 heavy (non-hydrogen) atoms. The van der Waals surface area contributed by atoms with E-state index in [1.54, 1.807) is 6.08 Å². The molecule has 2 rings (SSSR count). The lowest BCUT2D eigenvalue weighted by molar-refractivity contribution is -0.0404. The van der Waals surface area contributed by atoms with Crippen LogP contribution < -0.4 is 11.2 Å². The van der Waals surface area contributed by atoms with E-state index in [0.29, 0.717) is 24.8 Å². The number of aromatic amines is 1. The van der Waals surface area contributed by atoms with Crippen molar-refractivity contribution in [2.45, 2.75) is 43.8 Å². The third-order valence-corrected chi connectivity index (χ3v) is 5.76. The number of aliphatic hydroxyl groups is 2. The van der Waals surface area contributed by atoms with E-state index in [9.17, 15) is 19.8 Å². The molecule has 7 nitrogen and oxygen atoms in total. The Bertz CT molecular complexity index is 778. The first-order chi connectivity index (χ1) is 11.6. The van der Waals surface area contributed by atoms with Crippen LogP contribution >= 0.6 is 6.89 Å². The van der Waals surface area contributed by atoms with E-state index in [0.717, 1.165) is 10.7 Å². The normalized spacial score (nSPS) is 26.7. The highest BCUT2D eigenvalue weighted by molar-refractivity contribution is 7.72. The van der Waals surface area contributed by atoms with Crippen molar-refractivity contribution in [2.24, 2.45) is 0 Å². The molecule has 0 aromatic carbocycles. The Morgan fingerprint density at radius 1 is 1.36 bits per heavy atom. The van der Waals surface area contributed by atoms with Crippen LogP contribution in [0.3, 0.4) is 0 Å². The van der Waals surface area contributed by atoms with Gasteiger partial charge in [0.1, 0.15) is 12.2 Å². The van der Waals surface area contributed by atoms with Crippen molar-refractivity contribution in [2.75, 3.05) is 19.5 Å². The fraction of sp³-hybridized carbons (Fsp3) is 0.588. The topological polar surface area (TPSA) is 105 Å². The number of hydrogen-bond donors (Lipinski definition) is 3. The van der Waals surface area contributed by atoms with E-state index in [4.69, 9.17) is 4.74 Å². The third kappa shape index (κ3) is 4.82. The number of ether oxygens (including phenoxy) is 1. The number of rotatable bonds is 7. The second-order valence-corrected chi connectivity index (χ2v) is 11.5. The number of allylic oxidation sites excluding steroid dienone is 1. The molecule has 1 unspecified atom stereocenters. The first-order valence-electron chi connectivity index (χ1n) is 8.28. The SMILES string of the molecule is C=CCCc1cn([C@@H]2OC(CCP(=C)(C)C)[C@@H](O)[C@H]2O)c(=O)[nH]c1=O. The van der Waals surface area contributed by atoms with Crippen LogP contribution in [0.5, 0.6) is 0 Å². The summed E-state index contributed by atoms with van der Waals surface area (Å²) in [6, 6.07) is 0. The molecule has 1 aromatic rings. The lowest BCUT2D eigenvalue weighted by Gasteiger charge is -2.19. The number of nitrogens with zero attached hydrogens (tertiary/aromatic N) is 1. The van der Waals surface area contributed by atoms with Crippen LogP contribution in [0.4, 0.5) is 0 Å². The zero-order chi connectivity index (χ0) is 18.8. The van der Waals surface area contributed by atoms with E-state index >= 15 is 0 Å². The lowest BCUT2D eigenvalue weighted by atomic mass is 10.1. The molecular formula is C17H27N2O5P. The summed E-state index contributed by atoms with van der Waals surface area (Å²) in [6.07, 6.45) is 5.63. The molecule has 140 valence electrons. The van der Waals surface area contributed by atoms with E-state index in [1.165, 1.54) is 6.20 Å². The predicted molar refractivity (Wildman–Crippen MR) is 101 cm³/mol. The van der Waals surface area contributed by atoms with Gasteiger partial charge in [0.05, 0.1) is 6.10 Å². The molecule has 0 radical (unpaired) electrons. The molecule has 3 N–H and O–H groups in total. The Balaban J connectivity index is 2.26. The highest BCUT2D eigenvalue weighted by Crippen LogP contribution is 2.39. The zero-order valence-corrected chi connectivity index (χ0v) is 15.6. The van der Waals surface area contributed by atoms with Gasteiger partial charge in [0, 0.05) is 11.8 Å². The summed E-state index contributed by atoms with van der Waals surface area (Å²) in [7, 11) is 0. The third-order valence-electron chi connectivity index (χ3n) is 4.29. The molecule has 0 aliphatic carbocycles. The zero-order valence-electron chi connectivity index (χ0n) is 14.7. The van der Waals surface area contributed by atoms with Crippen molar-refractivity contribution in [3.05, 3.63) is 45.3 Å². The summed E-state index contributed by atoms with van der Waals surface area (Å²) in [5.41, 5.74) is -0.733. The maximum Gasteiger partial charge on any atom is 0.330 e. The molecule has 0 spiro atoms. The van der Waals surface area contributed by atoms with Gasteiger partial charge >= 0.3 is 5.69 Å². The molecule has 1 saturated heterocycles. The minimum atomic E-state index is -1.29. The second kappa shape index (κ2) is 7.87. The minimum absolute atomic E-state index is 0.401. The van der Waals surface area contributed by atoms with Crippen LogP contribution in [0.1, 0.15) is 24.6 Å². The van der Waals surface area contributed by atoms with Crippen LogP contribution in [0.15, 0.2) is 28.4 Å². The minimum Gasteiger partial charge on any atom is -0.388 e. The van der Waals surface area contributed by atoms with E-state index in [-0.39, 0.29) is 0 Å². The van der Waals surface area contributed by atoms with Crippen molar-refractivity contribution in [3.8, 4) is 0 Å². The molecule has 1 aliphatic rings. The van der Waals surface area contributed by atoms with Crippen LogP contribution in [0.2, 0.25) is 0 Å². The molecule has 4 atom stereocenters. The van der Waals surface area contributed by atoms with Crippen molar-refractivity contribution in [1.82, 2.24) is 9.55 Å².